The van der Waals surface area contributed by atoms with E-state index in [1.165, 1.54) is 6.08 Å². The van der Waals surface area contributed by atoms with Gasteiger partial charge in [0.25, 0.3) is 0 Å². The van der Waals surface area contributed by atoms with Crippen molar-refractivity contribution in [2.75, 3.05) is 19.6 Å². The molecule has 0 bridgehead atoms. The SMILES string of the molecule is O=C(NCc1ccccc1Cl)C(=O)NCC1CCN(C(=O)C=Cc2ccco2)CC1. The fraction of sp³-hybridized carbons (Fsp3) is 0.318. The topological polar surface area (TPSA) is 91.7 Å². The summed E-state index contributed by atoms with van der Waals surface area (Å²) in [5.74, 6) is -0.558. The van der Waals surface area contributed by atoms with Gasteiger partial charge in [0.2, 0.25) is 5.91 Å². The zero-order chi connectivity index (χ0) is 21.3. The number of carbonyl (C=O) groups excluding carboxylic acids is 3. The number of furan rings is 1. The molecule has 2 heterocycles. The van der Waals surface area contributed by atoms with Crippen molar-refractivity contribution in [2.24, 2.45) is 5.92 Å². The minimum Gasteiger partial charge on any atom is -0.465 e. The van der Waals surface area contributed by atoms with E-state index < -0.39 is 11.8 Å². The van der Waals surface area contributed by atoms with E-state index in [0.29, 0.717) is 30.4 Å². The summed E-state index contributed by atoms with van der Waals surface area (Å²) in [4.78, 5) is 38.0. The first kappa shape index (κ1) is 21.6. The van der Waals surface area contributed by atoms with Crippen LogP contribution in [-0.2, 0) is 20.9 Å². The second-order valence-electron chi connectivity index (χ2n) is 7.10. The molecule has 1 aromatic carbocycles. The van der Waals surface area contributed by atoms with Crippen LogP contribution in [0.5, 0.6) is 0 Å². The highest BCUT2D eigenvalue weighted by Crippen LogP contribution is 2.17. The molecule has 1 fully saturated rings. The molecule has 7 nitrogen and oxygen atoms in total. The van der Waals surface area contributed by atoms with Crippen LogP contribution < -0.4 is 10.6 Å². The summed E-state index contributed by atoms with van der Waals surface area (Å²) in [7, 11) is 0. The van der Waals surface area contributed by atoms with Gasteiger partial charge in [-0.3, -0.25) is 14.4 Å². The molecule has 0 atom stereocenters. The van der Waals surface area contributed by atoms with E-state index in [2.05, 4.69) is 10.6 Å². The van der Waals surface area contributed by atoms with Crippen LogP contribution in [0, 0.1) is 5.92 Å². The maximum absolute atomic E-state index is 12.2. The van der Waals surface area contributed by atoms with Crippen molar-refractivity contribution in [3.63, 3.8) is 0 Å². The summed E-state index contributed by atoms with van der Waals surface area (Å²) in [6, 6.07) is 10.7. The molecule has 0 spiro atoms. The van der Waals surface area contributed by atoms with Gasteiger partial charge in [-0.1, -0.05) is 29.8 Å². The molecule has 3 rings (SSSR count). The van der Waals surface area contributed by atoms with Crippen LogP contribution in [0.1, 0.15) is 24.2 Å². The van der Waals surface area contributed by atoms with Gasteiger partial charge in [0.1, 0.15) is 5.76 Å². The number of nitrogens with one attached hydrogen (secondary N) is 2. The zero-order valence-electron chi connectivity index (χ0n) is 16.5. The standard InChI is InChI=1S/C22H24ClN3O4/c23-19-6-2-1-4-17(19)15-25-22(29)21(28)24-14-16-9-11-26(12-10-16)20(27)8-7-18-5-3-13-30-18/h1-8,13,16H,9-12,14-15H2,(H,24,28)(H,25,29). The van der Waals surface area contributed by atoms with Crippen molar-refractivity contribution in [2.45, 2.75) is 19.4 Å². The molecule has 1 aliphatic heterocycles. The second kappa shape index (κ2) is 10.6. The number of amides is 3. The van der Waals surface area contributed by atoms with Gasteiger partial charge in [-0.2, -0.15) is 0 Å². The van der Waals surface area contributed by atoms with E-state index in [4.69, 9.17) is 16.0 Å². The Morgan fingerprint density at radius 1 is 1.07 bits per heavy atom. The number of nitrogens with zero attached hydrogens (tertiary/aromatic N) is 1. The van der Waals surface area contributed by atoms with Gasteiger partial charge >= 0.3 is 11.8 Å². The van der Waals surface area contributed by atoms with Gasteiger partial charge in [-0.15, -0.1) is 0 Å². The van der Waals surface area contributed by atoms with E-state index in [9.17, 15) is 14.4 Å². The molecule has 0 aliphatic carbocycles. The maximum Gasteiger partial charge on any atom is 0.309 e. The first-order valence-corrected chi connectivity index (χ1v) is 10.2. The van der Waals surface area contributed by atoms with Crippen LogP contribution in [0.2, 0.25) is 5.02 Å². The third kappa shape index (κ3) is 6.22. The van der Waals surface area contributed by atoms with Gasteiger partial charge in [0, 0.05) is 37.3 Å². The number of rotatable bonds is 6. The number of piperidine rings is 1. The summed E-state index contributed by atoms with van der Waals surface area (Å²) in [5, 5.41) is 5.79. The fourth-order valence-electron chi connectivity index (χ4n) is 3.22. The normalized spacial score (nSPS) is 14.6. The Kier molecular flexibility index (Phi) is 7.68. The average molecular weight is 430 g/mol. The third-order valence-electron chi connectivity index (χ3n) is 5.01. The zero-order valence-corrected chi connectivity index (χ0v) is 17.2. The molecule has 0 radical (unpaired) electrons. The molecule has 0 unspecified atom stereocenters. The summed E-state index contributed by atoms with van der Waals surface area (Å²) in [6.07, 6.45) is 6.24. The number of hydrogen-bond acceptors (Lipinski definition) is 4. The van der Waals surface area contributed by atoms with E-state index in [1.54, 1.807) is 47.6 Å². The van der Waals surface area contributed by atoms with Gasteiger partial charge < -0.3 is 20.0 Å². The highest BCUT2D eigenvalue weighted by molar-refractivity contribution is 6.35. The number of carbonyl (C=O) groups is 3. The van der Waals surface area contributed by atoms with Crippen molar-refractivity contribution in [1.82, 2.24) is 15.5 Å². The molecule has 2 aromatic rings. The molecular formula is C22H24ClN3O4. The lowest BCUT2D eigenvalue weighted by atomic mass is 9.96. The monoisotopic (exact) mass is 429 g/mol. The number of hydrogen-bond donors (Lipinski definition) is 2. The molecule has 1 saturated heterocycles. The minimum absolute atomic E-state index is 0.0622. The largest absolute Gasteiger partial charge is 0.465 e. The summed E-state index contributed by atoms with van der Waals surface area (Å²) in [5.41, 5.74) is 0.749. The van der Waals surface area contributed by atoms with Gasteiger partial charge in [0.05, 0.1) is 6.26 Å². The molecule has 2 N–H and O–H groups in total. The Labute approximate surface area is 180 Å². The highest BCUT2D eigenvalue weighted by atomic mass is 35.5. The smallest absolute Gasteiger partial charge is 0.309 e. The van der Waals surface area contributed by atoms with E-state index in [1.807, 2.05) is 6.07 Å². The van der Waals surface area contributed by atoms with Crippen molar-refractivity contribution in [3.05, 3.63) is 65.1 Å². The maximum atomic E-state index is 12.2. The van der Waals surface area contributed by atoms with Gasteiger partial charge in [-0.25, -0.2) is 0 Å². The molecular weight excluding hydrogens is 406 g/mol. The Hall–Kier alpha value is -3.06. The quantitative estimate of drug-likeness (QED) is 0.545. The van der Waals surface area contributed by atoms with Crippen LogP contribution in [0.4, 0.5) is 0 Å². The van der Waals surface area contributed by atoms with Crippen LogP contribution in [0.3, 0.4) is 0 Å². The third-order valence-corrected chi connectivity index (χ3v) is 5.38. The predicted octanol–water partition coefficient (Wildman–Crippen LogP) is 2.62. The Balaban J connectivity index is 1.35. The van der Waals surface area contributed by atoms with Crippen LogP contribution in [0.15, 0.2) is 53.2 Å². The lowest BCUT2D eigenvalue weighted by molar-refractivity contribution is -0.139. The van der Waals surface area contributed by atoms with Crippen molar-refractivity contribution < 1.29 is 18.8 Å². The molecule has 158 valence electrons. The Morgan fingerprint density at radius 2 is 1.80 bits per heavy atom. The first-order valence-electron chi connectivity index (χ1n) is 9.83. The number of halogens is 1. The molecule has 8 heteroatoms. The molecule has 1 aromatic heterocycles. The minimum atomic E-state index is -0.689. The van der Waals surface area contributed by atoms with Crippen LogP contribution >= 0.6 is 11.6 Å². The molecule has 1 aliphatic rings. The first-order chi connectivity index (χ1) is 14.5. The number of benzene rings is 1. The second-order valence-corrected chi connectivity index (χ2v) is 7.51. The van der Waals surface area contributed by atoms with E-state index >= 15 is 0 Å². The Morgan fingerprint density at radius 3 is 2.50 bits per heavy atom. The summed E-state index contributed by atoms with van der Waals surface area (Å²) in [6.45, 7) is 1.82. The van der Waals surface area contributed by atoms with Crippen molar-refractivity contribution in [1.29, 1.82) is 0 Å². The molecule has 30 heavy (non-hydrogen) atoms. The van der Waals surface area contributed by atoms with E-state index in [0.717, 1.165) is 18.4 Å². The number of likely N-dealkylation sites (tertiary alicyclic amines) is 1. The highest BCUT2D eigenvalue weighted by Gasteiger charge is 2.23. The predicted molar refractivity (Wildman–Crippen MR) is 113 cm³/mol. The van der Waals surface area contributed by atoms with Gasteiger partial charge in [0.15, 0.2) is 0 Å². The lowest BCUT2D eigenvalue weighted by Crippen LogP contribution is -2.44. The Bertz CT molecular complexity index is 903. The summed E-state index contributed by atoms with van der Waals surface area (Å²) < 4.78 is 5.17. The van der Waals surface area contributed by atoms with Crippen molar-refractivity contribution >= 4 is 35.4 Å². The van der Waals surface area contributed by atoms with Crippen molar-refractivity contribution in [3.8, 4) is 0 Å². The van der Waals surface area contributed by atoms with E-state index in [-0.39, 0.29) is 18.4 Å². The summed E-state index contributed by atoms with van der Waals surface area (Å²) >= 11 is 6.04. The molecule has 3 amide bonds. The average Bonchev–Trinajstić information content (AvgIpc) is 3.29. The van der Waals surface area contributed by atoms with Crippen LogP contribution in [-0.4, -0.2) is 42.3 Å². The molecule has 0 saturated carbocycles. The van der Waals surface area contributed by atoms with Gasteiger partial charge in [-0.05, 0) is 48.6 Å². The lowest BCUT2D eigenvalue weighted by Gasteiger charge is -2.31. The van der Waals surface area contributed by atoms with Crippen LogP contribution in [0.25, 0.3) is 6.08 Å². The fourth-order valence-corrected chi connectivity index (χ4v) is 3.42.